The van der Waals surface area contributed by atoms with Gasteiger partial charge in [0.05, 0.1) is 24.2 Å². The zero-order valence-corrected chi connectivity index (χ0v) is 16.3. The van der Waals surface area contributed by atoms with E-state index >= 15 is 0 Å². The molecule has 3 aromatic rings. The molecule has 1 spiro atoms. The monoisotopic (exact) mass is 422 g/mol. The molecule has 1 atom stereocenters. The lowest BCUT2D eigenvalue weighted by Gasteiger charge is -2.33. The van der Waals surface area contributed by atoms with Crippen molar-refractivity contribution in [1.29, 1.82) is 0 Å². The first-order chi connectivity index (χ1) is 14.9. The third kappa shape index (κ3) is 3.17. The quantitative estimate of drug-likeness (QED) is 0.572. The largest absolute Gasteiger partial charge is 0.416 e. The zero-order chi connectivity index (χ0) is 21.6. The second-order valence-corrected chi connectivity index (χ2v) is 7.59. The van der Waals surface area contributed by atoms with Gasteiger partial charge in [0.15, 0.2) is 0 Å². The molecule has 0 aliphatic carbocycles. The third-order valence-electron chi connectivity index (χ3n) is 5.70. The summed E-state index contributed by atoms with van der Waals surface area (Å²) in [5.41, 5.74) is 1.37. The van der Waals surface area contributed by atoms with Gasteiger partial charge in [-0.25, -0.2) is 0 Å². The summed E-state index contributed by atoms with van der Waals surface area (Å²) in [6.45, 7) is 0.324. The first-order valence-corrected chi connectivity index (χ1v) is 9.76. The molecule has 0 bridgehead atoms. The Balaban J connectivity index is 1.50. The predicted octanol–water partition coefficient (Wildman–Crippen LogP) is 5.34. The molecule has 5 rings (SSSR count). The molecular weight excluding hydrogens is 405 g/mol. The fourth-order valence-corrected chi connectivity index (χ4v) is 4.15. The van der Waals surface area contributed by atoms with Gasteiger partial charge >= 0.3 is 6.18 Å². The number of alkyl halides is 3. The van der Waals surface area contributed by atoms with E-state index in [1.165, 1.54) is 12.1 Å². The lowest BCUT2D eigenvalue weighted by Crippen LogP contribution is -2.43. The maximum Gasteiger partial charge on any atom is 0.416 e. The number of rotatable bonds is 3. The Labute approximate surface area is 176 Å². The predicted molar refractivity (Wildman–Crippen MR) is 108 cm³/mol. The summed E-state index contributed by atoms with van der Waals surface area (Å²) in [5.74, 6) is -0.164. The van der Waals surface area contributed by atoms with Gasteiger partial charge in [-0.15, -0.1) is 0 Å². The number of hydrogen-bond donors (Lipinski definition) is 0. The number of fused-ring (bicyclic) bond motifs is 2. The molecule has 7 heteroatoms. The number of benzene rings is 3. The Hall–Kier alpha value is -3.61. The minimum atomic E-state index is -4.41. The van der Waals surface area contributed by atoms with Crippen LogP contribution in [0.5, 0.6) is 0 Å². The summed E-state index contributed by atoms with van der Waals surface area (Å²) in [4.78, 5) is 20.8. The van der Waals surface area contributed by atoms with Gasteiger partial charge in [0, 0.05) is 11.1 Å². The van der Waals surface area contributed by atoms with Crippen molar-refractivity contribution in [2.24, 2.45) is 5.16 Å². The van der Waals surface area contributed by atoms with Gasteiger partial charge in [0.25, 0.3) is 5.91 Å². The van der Waals surface area contributed by atoms with Crippen molar-refractivity contribution < 1.29 is 22.8 Å². The SMILES string of the molecule is O=C1c2ccccc2C2(CC(c3ccc(C(F)(F)F)cc3)=NO2)N1Cc1ccccc1. The molecule has 1 unspecified atom stereocenters. The topological polar surface area (TPSA) is 41.9 Å². The fraction of sp³-hybridized carbons (Fsp3) is 0.167. The Bertz CT molecular complexity index is 1170. The van der Waals surface area contributed by atoms with Gasteiger partial charge in [-0.1, -0.05) is 65.8 Å². The normalized spacial score (nSPS) is 20.0. The Morgan fingerprint density at radius 2 is 1.61 bits per heavy atom. The molecule has 2 heterocycles. The molecule has 0 N–H and O–H groups in total. The van der Waals surface area contributed by atoms with E-state index in [1.54, 1.807) is 17.0 Å². The van der Waals surface area contributed by atoms with Crippen molar-refractivity contribution in [3.63, 3.8) is 0 Å². The third-order valence-corrected chi connectivity index (χ3v) is 5.70. The van der Waals surface area contributed by atoms with Crippen molar-refractivity contribution in [2.75, 3.05) is 0 Å². The minimum absolute atomic E-state index is 0.164. The van der Waals surface area contributed by atoms with E-state index in [0.29, 0.717) is 28.9 Å². The highest BCUT2D eigenvalue weighted by molar-refractivity contribution is 6.05. The standard InChI is InChI=1S/C24H17F3N2O2/c25-24(26,27)18-12-10-17(11-13-18)21-14-23(31-28-21)20-9-5-4-8-19(20)22(30)29(23)15-16-6-2-1-3-7-16/h1-13H,14-15H2. The van der Waals surface area contributed by atoms with Crippen LogP contribution in [0.25, 0.3) is 0 Å². The maximum atomic E-state index is 13.2. The number of amides is 1. The average molecular weight is 422 g/mol. The smallest absolute Gasteiger partial charge is 0.361 e. The minimum Gasteiger partial charge on any atom is -0.361 e. The van der Waals surface area contributed by atoms with Gasteiger partial charge < -0.3 is 4.84 Å². The highest BCUT2D eigenvalue weighted by atomic mass is 19.4. The molecule has 2 aliphatic heterocycles. The Kier molecular flexibility index (Phi) is 4.36. The number of oxime groups is 1. The molecule has 0 radical (unpaired) electrons. The summed E-state index contributed by atoms with van der Waals surface area (Å²) in [6.07, 6.45) is -4.16. The van der Waals surface area contributed by atoms with Crippen molar-refractivity contribution in [3.05, 3.63) is 107 Å². The van der Waals surface area contributed by atoms with Gasteiger partial charge in [-0.05, 0) is 29.3 Å². The first kappa shape index (κ1) is 19.4. The van der Waals surface area contributed by atoms with E-state index in [-0.39, 0.29) is 12.3 Å². The molecular formula is C24H17F3N2O2. The molecule has 0 saturated carbocycles. The van der Waals surface area contributed by atoms with Crippen LogP contribution in [0.4, 0.5) is 13.2 Å². The van der Waals surface area contributed by atoms with Crippen molar-refractivity contribution >= 4 is 11.6 Å². The highest BCUT2D eigenvalue weighted by Crippen LogP contribution is 2.47. The Morgan fingerprint density at radius 1 is 0.935 bits per heavy atom. The van der Waals surface area contributed by atoms with Crippen LogP contribution in [0.3, 0.4) is 0 Å². The molecule has 4 nitrogen and oxygen atoms in total. The van der Waals surface area contributed by atoms with Crippen LogP contribution < -0.4 is 0 Å². The summed E-state index contributed by atoms with van der Waals surface area (Å²) in [6, 6.07) is 21.6. The summed E-state index contributed by atoms with van der Waals surface area (Å²) in [7, 11) is 0. The van der Waals surface area contributed by atoms with Crippen LogP contribution in [0.15, 0.2) is 84.0 Å². The van der Waals surface area contributed by atoms with Crippen LogP contribution >= 0.6 is 0 Å². The molecule has 31 heavy (non-hydrogen) atoms. The van der Waals surface area contributed by atoms with E-state index in [1.807, 2.05) is 42.5 Å². The molecule has 1 amide bonds. The Morgan fingerprint density at radius 3 is 2.32 bits per heavy atom. The van der Waals surface area contributed by atoms with Gasteiger partial charge in [0.1, 0.15) is 0 Å². The number of halogens is 3. The van der Waals surface area contributed by atoms with Crippen LogP contribution in [-0.4, -0.2) is 16.5 Å². The number of carbonyl (C=O) groups excluding carboxylic acids is 1. The molecule has 0 aromatic heterocycles. The lowest BCUT2D eigenvalue weighted by atomic mass is 9.93. The van der Waals surface area contributed by atoms with Crippen LogP contribution in [-0.2, 0) is 23.3 Å². The van der Waals surface area contributed by atoms with Crippen molar-refractivity contribution in [2.45, 2.75) is 24.9 Å². The van der Waals surface area contributed by atoms with Gasteiger partial charge in [-0.2, -0.15) is 13.2 Å². The number of carbonyl (C=O) groups is 1. The van der Waals surface area contributed by atoms with Gasteiger partial charge in [0.2, 0.25) is 5.72 Å². The molecule has 2 aliphatic rings. The molecule has 0 saturated heterocycles. The van der Waals surface area contributed by atoms with Crippen molar-refractivity contribution in [1.82, 2.24) is 4.90 Å². The average Bonchev–Trinajstić information content (AvgIpc) is 3.31. The summed E-state index contributed by atoms with van der Waals surface area (Å²) >= 11 is 0. The van der Waals surface area contributed by atoms with Crippen LogP contribution in [0, 0.1) is 0 Å². The van der Waals surface area contributed by atoms with E-state index in [2.05, 4.69) is 5.16 Å². The summed E-state index contributed by atoms with van der Waals surface area (Å²) in [5, 5.41) is 4.20. The number of hydrogen-bond acceptors (Lipinski definition) is 3. The second kappa shape index (κ2) is 6.97. The van der Waals surface area contributed by atoms with Crippen molar-refractivity contribution in [3.8, 4) is 0 Å². The molecule has 0 fully saturated rings. The van der Waals surface area contributed by atoms with Crippen LogP contribution in [0.1, 0.15) is 39.0 Å². The molecule has 156 valence electrons. The summed E-state index contributed by atoms with van der Waals surface area (Å²) < 4.78 is 38.7. The second-order valence-electron chi connectivity index (χ2n) is 7.59. The van der Waals surface area contributed by atoms with E-state index < -0.39 is 17.5 Å². The fourth-order valence-electron chi connectivity index (χ4n) is 4.15. The van der Waals surface area contributed by atoms with E-state index in [0.717, 1.165) is 17.7 Å². The molecule has 3 aromatic carbocycles. The number of nitrogens with zero attached hydrogens (tertiary/aromatic N) is 2. The van der Waals surface area contributed by atoms with E-state index in [9.17, 15) is 18.0 Å². The first-order valence-electron chi connectivity index (χ1n) is 9.76. The lowest BCUT2D eigenvalue weighted by molar-refractivity contribution is -0.137. The van der Waals surface area contributed by atoms with Gasteiger partial charge in [-0.3, -0.25) is 9.69 Å². The maximum absolute atomic E-state index is 13.2. The zero-order valence-electron chi connectivity index (χ0n) is 16.3. The highest BCUT2D eigenvalue weighted by Gasteiger charge is 2.55. The van der Waals surface area contributed by atoms with E-state index in [4.69, 9.17) is 4.84 Å². The van der Waals surface area contributed by atoms with Crippen LogP contribution in [0.2, 0.25) is 0 Å².